The Bertz CT molecular complexity index is 608. The topological polar surface area (TPSA) is 56.7 Å². The van der Waals surface area contributed by atoms with Crippen LogP contribution in [0.4, 0.5) is 5.95 Å². The molecule has 0 saturated carbocycles. The van der Waals surface area contributed by atoms with Crippen molar-refractivity contribution in [3.63, 3.8) is 0 Å². The first-order valence-electron chi connectivity index (χ1n) is 6.40. The zero-order valence-corrected chi connectivity index (χ0v) is 13.7. The Morgan fingerprint density at radius 2 is 1.89 bits per heavy atom. The second kappa shape index (κ2) is 4.47. The molecular formula is C14H21BrN4. The second-order valence-corrected chi connectivity index (χ2v) is 7.77. The molecule has 2 N–H and O–H groups in total. The third kappa shape index (κ3) is 2.91. The van der Waals surface area contributed by atoms with Crippen LogP contribution < -0.4 is 5.73 Å². The third-order valence-electron chi connectivity index (χ3n) is 3.06. The Morgan fingerprint density at radius 3 is 2.47 bits per heavy atom. The molecule has 0 aromatic carbocycles. The van der Waals surface area contributed by atoms with E-state index in [0.29, 0.717) is 5.95 Å². The molecule has 104 valence electrons. The van der Waals surface area contributed by atoms with Crippen molar-refractivity contribution in [2.24, 2.45) is 5.41 Å². The molecule has 0 spiro atoms. The Balaban J connectivity index is 2.58. The van der Waals surface area contributed by atoms with E-state index in [2.05, 4.69) is 60.5 Å². The Kier molecular flexibility index (Phi) is 3.37. The number of aromatic nitrogens is 3. The van der Waals surface area contributed by atoms with Crippen LogP contribution in [-0.4, -0.2) is 14.5 Å². The molecule has 0 bridgehead atoms. The number of halogens is 1. The smallest absolute Gasteiger partial charge is 0.202 e. The van der Waals surface area contributed by atoms with E-state index >= 15 is 0 Å². The summed E-state index contributed by atoms with van der Waals surface area (Å²) in [6, 6.07) is 1.95. The highest BCUT2D eigenvalue weighted by Gasteiger charge is 2.30. The molecular weight excluding hydrogens is 304 g/mol. The maximum absolute atomic E-state index is 6.10. The first kappa shape index (κ1) is 14.3. The molecule has 0 saturated heterocycles. The summed E-state index contributed by atoms with van der Waals surface area (Å²) in [4.78, 5) is 8.89. The van der Waals surface area contributed by atoms with Gasteiger partial charge in [-0.05, 0) is 47.7 Å². The maximum Gasteiger partial charge on any atom is 0.202 e. The van der Waals surface area contributed by atoms with Gasteiger partial charge in [-0.25, -0.2) is 9.97 Å². The van der Waals surface area contributed by atoms with Crippen molar-refractivity contribution in [2.45, 2.75) is 46.6 Å². The summed E-state index contributed by atoms with van der Waals surface area (Å²) in [6.45, 7) is 11.1. The molecule has 5 heteroatoms. The largest absolute Gasteiger partial charge is 0.369 e. The van der Waals surface area contributed by atoms with Crippen LogP contribution >= 0.6 is 15.9 Å². The van der Waals surface area contributed by atoms with Crippen LogP contribution in [0.15, 0.2) is 16.7 Å². The van der Waals surface area contributed by atoms with Gasteiger partial charge in [0.1, 0.15) is 5.52 Å². The number of hydrogen-bond donors (Lipinski definition) is 1. The lowest BCUT2D eigenvalue weighted by atomic mass is 9.81. The lowest BCUT2D eigenvalue weighted by molar-refractivity contribution is 0.221. The first-order chi connectivity index (χ1) is 8.60. The molecule has 0 atom stereocenters. The molecule has 2 aromatic rings. The van der Waals surface area contributed by atoms with Gasteiger partial charge in [-0.1, -0.05) is 20.8 Å². The van der Waals surface area contributed by atoms with Gasteiger partial charge in [0, 0.05) is 16.2 Å². The number of hydrogen-bond acceptors (Lipinski definition) is 3. The van der Waals surface area contributed by atoms with Gasteiger partial charge in [-0.15, -0.1) is 0 Å². The lowest BCUT2D eigenvalue weighted by Crippen LogP contribution is -2.32. The Hall–Kier alpha value is -1.10. The van der Waals surface area contributed by atoms with E-state index in [4.69, 9.17) is 5.73 Å². The van der Waals surface area contributed by atoms with Crippen LogP contribution in [0.2, 0.25) is 0 Å². The van der Waals surface area contributed by atoms with Crippen molar-refractivity contribution in [3.05, 3.63) is 16.7 Å². The Labute approximate surface area is 122 Å². The number of fused-ring (bicyclic) bond motifs is 1. The fourth-order valence-electron chi connectivity index (χ4n) is 2.93. The molecule has 0 aliphatic rings. The Morgan fingerprint density at radius 1 is 1.26 bits per heavy atom. The average molecular weight is 325 g/mol. The van der Waals surface area contributed by atoms with E-state index in [-0.39, 0.29) is 11.0 Å². The molecule has 0 aliphatic heterocycles. The molecule has 4 nitrogen and oxygen atoms in total. The summed E-state index contributed by atoms with van der Waals surface area (Å²) in [5.41, 5.74) is 7.86. The number of rotatable bonds is 2. The van der Waals surface area contributed by atoms with Crippen LogP contribution in [-0.2, 0) is 5.54 Å². The van der Waals surface area contributed by atoms with E-state index < -0.39 is 0 Å². The van der Waals surface area contributed by atoms with E-state index in [0.717, 1.165) is 22.1 Å². The number of pyridine rings is 1. The monoisotopic (exact) mass is 324 g/mol. The van der Waals surface area contributed by atoms with Crippen molar-refractivity contribution in [1.29, 1.82) is 0 Å². The quantitative estimate of drug-likeness (QED) is 0.909. The van der Waals surface area contributed by atoms with Crippen LogP contribution in [0.1, 0.15) is 41.0 Å². The molecule has 0 amide bonds. The van der Waals surface area contributed by atoms with Crippen molar-refractivity contribution in [3.8, 4) is 0 Å². The highest BCUT2D eigenvalue weighted by molar-refractivity contribution is 9.10. The minimum Gasteiger partial charge on any atom is -0.369 e. The number of imidazole rings is 1. The van der Waals surface area contributed by atoms with Crippen molar-refractivity contribution in [2.75, 3.05) is 5.73 Å². The fraction of sp³-hybridized carbons (Fsp3) is 0.571. The van der Waals surface area contributed by atoms with Gasteiger partial charge in [0.2, 0.25) is 5.95 Å². The summed E-state index contributed by atoms with van der Waals surface area (Å²) in [5.74, 6) is 0.523. The molecule has 0 fully saturated rings. The molecule has 2 aromatic heterocycles. The summed E-state index contributed by atoms with van der Waals surface area (Å²) in [6.07, 6.45) is 2.78. The van der Waals surface area contributed by atoms with Crippen LogP contribution in [0.25, 0.3) is 11.2 Å². The number of nitrogens with two attached hydrogens (primary N) is 1. The highest BCUT2D eigenvalue weighted by atomic mass is 79.9. The zero-order chi connectivity index (χ0) is 14.4. The fourth-order valence-corrected chi connectivity index (χ4v) is 3.25. The molecule has 19 heavy (non-hydrogen) atoms. The van der Waals surface area contributed by atoms with Gasteiger partial charge in [-0.3, -0.25) is 4.57 Å². The van der Waals surface area contributed by atoms with E-state index in [1.807, 2.05) is 10.6 Å². The highest BCUT2D eigenvalue weighted by Crippen LogP contribution is 2.36. The second-order valence-electron chi connectivity index (χ2n) is 6.85. The van der Waals surface area contributed by atoms with Crippen molar-refractivity contribution >= 4 is 33.0 Å². The van der Waals surface area contributed by atoms with E-state index in [9.17, 15) is 0 Å². The number of anilines is 1. The van der Waals surface area contributed by atoms with Crippen LogP contribution in [0, 0.1) is 5.41 Å². The van der Waals surface area contributed by atoms with E-state index in [1.165, 1.54) is 0 Å². The zero-order valence-electron chi connectivity index (χ0n) is 12.2. The van der Waals surface area contributed by atoms with Gasteiger partial charge in [0.15, 0.2) is 5.65 Å². The summed E-state index contributed by atoms with van der Waals surface area (Å²) >= 11 is 3.41. The number of nitrogens with zero attached hydrogens (tertiary/aromatic N) is 3. The van der Waals surface area contributed by atoms with Gasteiger partial charge < -0.3 is 5.73 Å². The SMILES string of the molecule is CC(C)(C)CC(C)(C)n1c(N)nc2cc(Br)cnc21. The summed E-state index contributed by atoms with van der Waals surface area (Å²) in [7, 11) is 0. The van der Waals surface area contributed by atoms with Gasteiger partial charge in [0.05, 0.1) is 0 Å². The normalized spacial score (nSPS) is 13.2. The minimum absolute atomic E-state index is 0.127. The standard InChI is InChI=1S/C14H21BrN4/c1-13(2,3)8-14(4,5)19-11-10(18-12(19)16)6-9(15)7-17-11/h6-7H,8H2,1-5H3,(H2,16,18). The molecule has 0 aliphatic carbocycles. The van der Waals surface area contributed by atoms with Gasteiger partial charge >= 0.3 is 0 Å². The predicted molar refractivity (Wildman–Crippen MR) is 83.0 cm³/mol. The van der Waals surface area contributed by atoms with Crippen LogP contribution in [0.3, 0.4) is 0 Å². The summed E-state index contributed by atoms with van der Waals surface area (Å²) in [5, 5.41) is 0. The summed E-state index contributed by atoms with van der Waals surface area (Å²) < 4.78 is 2.96. The maximum atomic E-state index is 6.10. The van der Waals surface area contributed by atoms with Crippen LogP contribution in [0.5, 0.6) is 0 Å². The van der Waals surface area contributed by atoms with Crippen molar-refractivity contribution < 1.29 is 0 Å². The van der Waals surface area contributed by atoms with Gasteiger partial charge in [0.25, 0.3) is 0 Å². The molecule has 0 unspecified atom stereocenters. The lowest BCUT2D eigenvalue weighted by Gasteiger charge is -2.34. The minimum atomic E-state index is -0.127. The van der Waals surface area contributed by atoms with Gasteiger partial charge in [-0.2, -0.15) is 0 Å². The van der Waals surface area contributed by atoms with Crippen molar-refractivity contribution in [1.82, 2.24) is 14.5 Å². The molecule has 0 radical (unpaired) electrons. The predicted octanol–water partition coefficient (Wildman–Crippen LogP) is 3.95. The number of nitrogen functional groups attached to an aromatic ring is 1. The molecule has 2 heterocycles. The first-order valence-corrected chi connectivity index (χ1v) is 7.19. The third-order valence-corrected chi connectivity index (χ3v) is 3.49. The average Bonchev–Trinajstić information content (AvgIpc) is 2.49. The molecule has 2 rings (SSSR count). The van der Waals surface area contributed by atoms with E-state index in [1.54, 1.807) is 6.20 Å².